The van der Waals surface area contributed by atoms with Gasteiger partial charge in [0, 0.05) is 6.07 Å². The molecular weight excluding hydrogens is 266 g/mol. The van der Waals surface area contributed by atoms with Crippen molar-refractivity contribution in [3.05, 3.63) is 39.4 Å². The minimum Gasteiger partial charge on any atom is -0.477 e. The van der Waals surface area contributed by atoms with Crippen molar-refractivity contribution in [2.24, 2.45) is 0 Å². The molecule has 7 heteroatoms. The van der Waals surface area contributed by atoms with Gasteiger partial charge < -0.3 is 14.6 Å². The molecule has 0 amide bonds. The van der Waals surface area contributed by atoms with Crippen molar-refractivity contribution in [2.75, 3.05) is 13.2 Å². The third-order valence-electron chi connectivity index (χ3n) is 2.48. The van der Waals surface area contributed by atoms with Crippen molar-refractivity contribution in [2.45, 2.75) is 26.6 Å². The van der Waals surface area contributed by atoms with Crippen LogP contribution in [0.4, 0.5) is 5.69 Å². The van der Waals surface area contributed by atoms with Gasteiger partial charge >= 0.3 is 5.97 Å². The van der Waals surface area contributed by atoms with Crippen LogP contribution >= 0.6 is 0 Å². The molecule has 0 aliphatic heterocycles. The smallest absolute Gasteiger partial charge is 0.343 e. The molecule has 0 radical (unpaired) electrons. The van der Waals surface area contributed by atoms with Gasteiger partial charge in [-0.3, -0.25) is 10.1 Å². The number of hydrogen-bond donors (Lipinski definition) is 1. The number of aromatic carboxylic acids is 1. The van der Waals surface area contributed by atoms with Gasteiger partial charge in [-0.1, -0.05) is 12.1 Å². The van der Waals surface area contributed by atoms with E-state index in [0.717, 1.165) is 6.07 Å². The topological polar surface area (TPSA) is 98.9 Å². The maximum Gasteiger partial charge on any atom is 0.343 e. The standard InChI is InChI=1S/C13H17NO6/c1-9(2)20-7-6-19-8-10-4-3-5-11(14(17)18)12(10)13(15)16/h3-5,9H,6-8H2,1-2H3,(H,15,16). The summed E-state index contributed by atoms with van der Waals surface area (Å²) in [6.45, 7) is 4.45. The normalized spacial score (nSPS) is 10.8. The molecular formula is C13H17NO6. The Balaban J connectivity index is 2.72. The number of nitro groups is 1. The Morgan fingerprint density at radius 1 is 1.40 bits per heavy atom. The maximum absolute atomic E-state index is 11.1. The zero-order chi connectivity index (χ0) is 15.1. The van der Waals surface area contributed by atoms with Gasteiger partial charge in [-0.15, -0.1) is 0 Å². The van der Waals surface area contributed by atoms with Crippen molar-refractivity contribution < 1.29 is 24.3 Å². The summed E-state index contributed by atoms with van der Waals surface area (Å²) in [6.07, 6.45) is 0.0889. The van der Waals surface area contributed by atoms with Gasteiger partial charge in [0.05, 0.1) is 30.8 Å². The minimum absolute atomic E-state index is 0.00916. The lowest BCUT2D eigenvalue weighted by Crippen LogP contribution is -2.12. The number of benzene rings is 1. The maximum atomic E-state index is 11.1. The average Bonchev–Trinajstić information content (AvgIpc) is 2.37. The summed E-state index contributed by atoms with van der Waals surface area (Å²) >= 11 is 0. The molecule has 0 unspecified atom stereocenters. The third-order valence-corrected chi connectivity index (χ3v) is 2.48. The molecule has 1 rings (SSSR count). The average molecular weight is 283 g/mol. The summed E-state index contributed by atoms with van der Waals surface area (Å²) in [6, 6.07) is 4.10. The summed E-state index contributed by atoms with van der Waals surface area (Å²) in [5.41, 5.74) is -0.490. The van der Waals surface area contributed by atoms with E-state index in [1.807, 2.05) is 13.8 Å². The zero-order valence-electron chi connectivity index (χ0n) is 11.4. The van der Waals surface area contributed by atoms with Gasteiger partial charge in [-0.25, -0.2) is 4.79 Å². The van der Waals surface area contributed by atoms with Gasteiger partial charge in [0.25, 0.3) is 5.69 Å². The molecule has 110 valence electrons. The first-order valence-electron chi connectivity index (χ1n) is 6.12. The van der Waals surface area contributed by atoms with Crippen LogP contribution in [0.3, 0.4) is 0 Å². The Bertz CT molecular complexity index is 486. The first kappa shape index (κ1) is 16.1. The highest BCUT2D eigenvalue weighted by Gasteiger charge is 2.23. The van der Waals surface area contributed by atoms with Gasteiger partial charge in [0.15, 0.2) is 0 Å². The Morgan fingerprint density at radius 3 is 2.65 bits per heavy atom. The van der Waals surface area contributed by atoms with Gasteiger partial charge in [-0.05, 0) is 19.4 Å². The fourth-order valence-electron chi connectivity index (χ4n) is 1.63. The molecule has 1 N–H and O–H groups in total. The van der Waals surface area contributed by atoms with Crippen LogP contribution < -0.4 is 0 Å². The first-order valence-corrected chi connectivity index (χ1v) is 6.12. The third kappa shape index (κ3) is 4.60. The summed E-state index contributed by atoms with van der Waals surface area (Å²) in [5.74, 6) is -1.34. The molecule has 0 spiro atoms. The van der Waals surface area contributed by atoms with E-state index in [1.54, 1.807) is 0 Å². The lowest BCUT2D eigenvalue weighted by molar-refractivity contribution is -0.385. The molecule has 0 aliphatic carbocycles. The van der Waals surface area contributed by atoms with E-state index < -0.39 is 16.6 Å². The van der Waals surface area contributed by atoms with Gasteiger partial charge in [0.2, 0.25) is 0 Å². The number of carboxylic acids is 1. The van der Waals surface area contributed by atoms with Crippen LogP contribution in [0.15, 0.2) is 18.2 Å². The second-order valence-electron chi connectivity index (χ2n) is 4.35. The predicted octanol–water partition coefficient (Wildman–Crippen LogP) is 2.23. The second kappa shape index (κ2) is 7.56. The largest absolute Gasteiger partial charge is 0.477 e. The van der Waals surface area contributed by atoms with E-state index in [-0.39, 0.29) is 23.8 Å². The molecule has 0 atom stereocenters. The molecule has 0 bridgehead atoms. The van der Waals surface area contributed by atoms with Crippen LogP contribution in [0.25, 0.3) is 0 Å². The van der Waals surface area contributed by atoms with Crippen molar-refractivity contribution in [3.63, 3.8) is 0 Å². The Hall–Kier alpha value is -1.99. The molecule has 1 aromatic rings. The molecule has 7 nitrogen and oxygen atoms in total. The van der Waals surface area contributed by atoms with Crippen LogP contribution in [0.1, 0.15) is 29.8 Å². The summed E-state index contributed by atoms with van der Waals surface area (Å²) in [7, 11) is 0. The van der Waals surface area contributed by atoms with E-state index in [4.69, 9.17) is 14.6 Å². The lowest BCUT2D eigenvalue weighted by atomic mass is 10.1. The van der Waals surface area contributed by atoms with Crippen LogP contribution in [0, 0.1) is 10.1 Å². The minimum atomic E-state index is -1.34. The molecule has 0 saturated carbocycles. The highest BCUT2D eigenvalue weighted by atomic mass is 16.6. The SMILES string of the molecule is CC(C)OCCOCc1cccc([N+](=O)[O-])c1C(=O)O. The van der Waals surface area contributed by atoms with E-state index in [1.165, 1.54) is 12.1 Å². The number of nitro benzene ring substituents is 1. The zero-order valence-corrected chi connectivity index (χ0v) is 11.4. The van der Waals surface area contributed by atoms with E-state index in [9.17, 15) is 14.9 Å². The quantitative estimate of drug-likeness (QED) is 0.446. The van der Waals surface area contributed by atoms with Crippen LogP contribution in [-0.4, -0.2) is 35.3 Å². The Kier molecular flexibility index (Phi) is 6.08. The van der Waals surface area contributed by atoms with E-state index >= 15 is 0 Å². The fourth-order valence-corrected chi connectivity index (χ4v) is 1.63. The lowest BCUT2D eigenvalue weighted by Gasteiger charge is -2.09. The highest BCUT2D eigenvalue weighted by Crippen LogP contribution is 2.23. The molecule has 0 heterocycles. The van der Waals surface area contributed by atoms with E-state index in [2.05, 4.69) is 0 Å². The fraction of sp³-hybridized carbons (Fsp3) is 0.462. The number of carbonyl (C=O) groups is 1. The van der Waals surface area contributed by atoms with Crippen molar-refractivity contribution in [1.29, 1.82) is 0 Å². The molecule has 1 aromatic carbocycles. The number of nitrogens with zero attached hydrogens (tertiary/aromatic N) is 1. The summed E-state index contributed by atoms with van der Waals surface area (Å²) in [5, 5.41) is 19.9. The summed E-state index contributed by atoms with van der Waals surface area (Å²) in [4.78, 5) is 21.2. The number of hydrogen-bond acceptors (Lipinski definition) is 5. The number of ether oxygens (including phenoxy) is 2. The molecule has 0 aliphatic rings. The first-order chi connectivity index (χ1) is 9.43. The van der Waals surface area contributed by atoms with E-state index in [0.29, 0.717) is 13.2 Å². The molecule has 0 aromatic heterocycles. The summed E-state index contributed by atoms with van der Waals surface area (Å²) < 4.78 is 10.6. The van der Waals surface area contributed by atoms with Crippen LogP contribution in [0.2, 0.25) is 0 Å². The van der Waals surface area contributed by atoms with Crippen molar-refractivity contribution in [1.82, 2.24) is 0 Å². The molecule has 20 heavy (non-hydrogen) atoms. The highest BCUT2D eigenvalue weighted by molar-refractivity contribution is 5.94. The van der Waals surface area contributed by atoms with Crippen molar-refractivity contribution >= 4 is 11.7 Å². The number of carboxylic acid groups (broad SMARTS) is 1. The van der Waals surface area contributed by atoms with Gasteiger partial charge in [-0.2, -0.15) is 0 Å². The van der Waals surface area contributed by atoms with Crippen LogP contribution in [0.5, 0.6) is 0 Å². The molecule has 0 fully saturated rings. The second-order valence-corrected chi connectivity index (χ2v) is 4.35. The number of rotatable bonds is 8. The predicted molar refractivity (Wildman–Crippen MR) is 70.8 cm³/mol. The molecule has 0 saturated heterocycles. The Labute approximate surface area is 116 Å². The monoisotopic (exact) mass is 283 g/mol. The van der Waals surface area contributed by atoms with Crippen LogP contribution in [-0.2, 0) is 16.1 Å². The Morgan fingerprint density at radius 2 is 2.10 bits per heavy atom. The van der Waals surface area contributed by atoms with Crippen molar-refractivity contribution in [3.8, 4) is 0 Å². The van der Waals surface area contributed by atoms with Gasteiger partial charge in [0.1, 0.15) is 5.56 Å².